The number of amides is 1. The number of benzene rings is 1. The number of thioether (sulfide) groups is 1. The monoisotopic (exact) mass is 380 g/mol. The number of aryl methyl sites for hydroxylation is 1. The van der Waals surface area contributed by atoms with E-state index in [2.05, 4.69) is 26.2 Å². The predicted molar refractivity (Wildman–Crippen MR) is 92.0 cm³/mol. The van der Waals surface area contributed by atoms with Gasteiger partial charge in [-0.2, -0.15) is 0 Å². The molecule has 0 aliphatic carbocycles. The van der Waals surface area contributed by atoms with Gasteiger partial charge in [0.05, 0.1) is 18.2 Å². The van der Waals surface area contributed by atoms with Crippen molar-refractivity contribution in [3.05, 3.63) is 57.8 Å². The highest BCUT2D eigenvalue weighted by molar-refractivity contribution is 9.10. The van der Waals surface area contributed by atoms with Gasteiger partial charge in [-0.05, 0) is 36.8 Å². The Morgan fingerprint density at radius 3 is 2.91 bits per heavy atom. The summed E-state index contributed by atoms with van der Waals surface area (Å²) in [5, 5.41) is 2.88. The molecule has 0 bridgehead atoms. The minimum atomic E-state index is -0.110. The van der Waals surface area contributed by atoms with Gasteiger partial charge in [0.15, 0.2) is 0 Å². The number of carbonyl (C=O) groups excluding carboxylic acids is 1. The first-order valence-electron chi connectivity index (χ1n) is 6.71. The van der Waals surface area contributed by atoms with Crippen molar-refractivity contribution < 1.29 is 9.53 Å². The minimum absolute atomic E-state index is 0.110. The molecule has 1 aromatic carbocycles. The first-order valence-corrected chi connectivity index (χ1v) is 8.49. The van der Waals surface area contributed by atoms with Crippen LogP contribution in [0.5, 0.6) is 0 Å². The molecule has 6 heteroatoms. The van der Waals surface area contributed by atoms with Gasteiger partial charge in [0.25, 0.3) is 5.91 Å². The van der Waals surface area contributed by atoms with Crippen molar-refractivity contribution in [3.8, 4) is 0 Å². The van der Waals surface area contributed by atoms with Crippen LogP contribution in [-0.4, -0.2) is 23.9 Å². The maximum Gasteiger partial charge on any atom is 0.251 e. The van der Waals surface area contributed by atoms with E-state index in [1.54, 1.807) is 25.1 Å². The maximum absolute atomic E-state index is 12.2. The molecule has 0 saturated heterocycles. The number of halogens is 1. The molecule has 4 nitrogen and oxygen atoms in total. The lowest BCUT2D eigenvalue weighted by molar-refractivity contribution is 0.0950. The fourth-order valence-electron chi connectivity index (χ4n) is 1.84. The number of methoxy groups -OCH3 is 1. The minimum Gasteiger partial charge on any atom is -0.374 e. The van der Waals surface area contributed by atoms with E-state index in [1.807, 2.05) is 37.3 Å². The molecule has 116 valence electrons. The van der Waals surface area contributed by atoms with Crippen molar-refractivity contribution in [2.45, 2.75) is 18.4 Å². The largest absolute Gasteiger partial charge is 0.374 e. The van der Waals surface area contributed by atoms with Crippen LogP contribution in [0.4, 0.5) is 0 Å². The number of nitrogens with zero attached hydrogens (tertiary/aromatic N) is 1. The third-order valence-electron chi connectivity index (χ3n) is 2.99. The average Bonchev–Trinajstić information content (AvgIpc) is 2.52. The van der Waals surface area contributed by atoms with Gasteiger partial charge in [0.2, 0.25) is 0 Å². The molecule has 1 amide bonds. The molecule has 1 aromatic heterocycles. The summed E-state index contributed by atoms with van der Waals surface area (Å²) in [4.78, 5) is 17.5. The van der Waals surface area contributed by atoms with Crippen LogP contribution in [0.15, 0.2) is 45.9 Å². The quantitative estimate of drug-likeness (QED) is 0.611. The second kappa shape index (κ2) is 8.31. The Labute approximate surface area is 142 Å². The number of rotatable bonds is 6. The molecule has 2 aromatic rings. The number of aromatic nitrogens is 1. The summed E-state index contributed by atoms with van der Waals surface area (Å²) >= 11 is 4.96. The zero-order valence-electron chi connectivity index (χ0n) is 12.4. The van der Waals surface area contributed by atoms with Gasteiger partial charge in [-0.25, -0.2) is 0 Å². The normalized spacial score (nSPS) is 10.5. The Kier molecular flexibility index (Phi) is 6.42. The van der Waals surface area contributed by atoms with Crippen LogP contribution < -0.4 is 5.32 Å². The molecule has 0 atom stereocenters. The topological polar surface area (TPSA) is 51.2 Å². The molecule has 0 aliphatic rings. The van der Waals surface area contributed by atoms with Crippen LogP contribution in [0.1, 0.15) is 21.6 Å². The Hall–Kier alpha value is -1.37. The number of carbonyl (C=O) groups is 1. The average molecular weight is 381 g/mol. The van der Waals surface area contributed by atoms with Crippen molar-refractivity contribution in [1.82, 2.24) is 10.3 Å². The van der Waals surface area contributed by atoms with E-state index in [1.165, 1.54) is 0 Å². The van der Waals surface area contributed by atoms with E-state index >= 15 is 0 Å². The van der Waals surface area contributed by atoms with E-state index in [-0.39, 0.29) is 5.91 Å². The van der Waals surface area contributed by atoms with E-state index in [4.69, 9.17) is 4.74 Å². The molecule has 0 aliphatic heterocycles. The van der Waals surface area contributed by atoms with Crippen LogP contribution >= 0.6 is 27.7 Å². The number of nitrogens with one attached hydrogen (secondary N) is 1. The summed E-state index contributed by atoms with van der Waals surface area (Å²) in [5.41, 5.74) is 2.58. The van der Waals surface area contributed by atoms with Crippen molar-refractivity contribution in [1.29, 1.82) is 0 Å². The second-order valence-electron chi connectivity index (χ2n) is 4.68. The van der Waals surface area contributed by atoms with Crippen molar-refractivity contribution in [2.75, 3.05) is 13.0 Å². The maximum atomic E-state index is 12.2. The molecule has 0 unspecified atom stereocenters. The predicted octanol–water partition coefficient (Wildman–Crippen LogP) is 3.78. The van der Waals surface area contributed by atoms with Crippen LogP contribution in [-0.2, 0) is 11.3 Å². The molecule has 22 heavy (non-hydrogen) atoms. The molecule has 1 N–H and O–H groups in total. The second-order valence-corrected chi connectivity index (χ2v) is 6.56. The lowest BCUT2D eigenvalue weighted by atomic mass is 10.1. The van der Waals surface area contributed by atoms with Crippen molar-refractivity contribution in [3.63, 3.8) is 0 Å². The van der Waals surface area contributed by atoms with E-state index in [0.29, 0.717) is 18.0 Å². The fraction of sp³-hybridized carbons (Fsp3) is 0.250. The number of hydrogen-bond donors (Lipinski definition) is 1. The zero-order valence-corrected chi connectivity index (χ0v) is 14.8. The third-order valence-corrected chi connectivity index (χ3v) is 4.59. The highest BCUT2D eigenvalue weighted by Gasteiger charge is 2.09. The summed E-state index contributed by atoms with van der Waals surface area (Å²) in [6, 6.07) is 9.41. The van der Waals surface area contributed by atoms with Crippen LogP contribution in [0, 0.1) is 6.92 Å². The lowest BCUT2D eigenvalue weighted by Gasteiger charge is -2.09. The summed E-state index contributed by atoms with van der Waals surface area (Å²) in [5.74, 6) is 0.453. The number of ether oxygens (including phenoxy) is 1. The highest BCUT2D eigenvalue weighted by Crippen LogP contribution is 2.23. The van der Waals surface area contributed by atoms with Gasteiger partial charge in [-0.1, -0.05) is 33.8 Å². The van der Waals surface area contributed by atoms with Gasteiger partial charge in [0.1, 0.15) is 0 Å². The first kappa shape index (κ1) is 17.0. The smallest absolute Gasteiger partial charge is 0.251 e. The number of pyridine rings is 1. The molecule has 0 spiro atoms. The molecule has 2 rings (SSSR count). The molecular weight excluding hydrogens is 364 g/mol. The Balaban J connectivity index is 2.03. The fourth-order valence-corrected chi connectivity index (χ4v) is 2.97. The Morgan fingerprint density at radius 1 is 1.36 bits per heavy atom. The number of hydrogen-bond acceptors (Lipinski definition) is 4. The highest BCUT2D eigenvalue weighted by atomic mass is 79.9. The summed E-state index contributed by atoms with van der Waals surface area (Å²) in [6.45, 7) is 2.41. The van der Waals surface area contributed by atoms with Crippen LogP contribution in [0.25, 0.3) is 0 Å². The zero-order chi connectivity index (χ0) is 15.9. The summed E-state index contributed by atoms with van der Waals surface area (Å²) < 4.78 is 6.01. The molecule has 0 saturated carbocycles. The summed E-state index contributed by atoms with van der Waals surface area (Å²) in [6.07, 6.45) is 1.71. The van der Waals surface area contributed by atoms with E-state index < -0.39 is 0 Å². The van der Waals surface area contributed by atoms with E-state index in [9.17, 15) is 4.79 Å². The van der Waals surface area contributed by atoms with Gasteiger partial charge in [-0.3, -0.25) is 9.78 Å². The van der Waals surface area contributed by atoms with Crippen LogP contribution in [0.2, 0.25) is 0 Å². The SMILES string of the molecule is COCSc1cc(C(=O)NCc2cc(Br)ccn2)ccc1C. The Morgan fingerprint density at radius 2 is 2.18 bits per heavy atom. The van der Waals surface area contributed by atoms with Gasteiger partial charge in [-0.15, -0.1) is 0 Å². The molecular formula is C16H17BrN2O2S. The lowest BCUT2D eigenvalue weighted by Crippen LogP contribution is -2.23. The summed E-state index contributed by atoms with van der Waals surface area (Å²) in [7, 11) is 1.66. The third kappa shape index (κ3) is 4.83. The van der Waals surface area contributed by atoms with Gasteiger partial charge in [0, 0.05) is 28.2 Å². The molecule has 0 fully saturated rings. The molecule has 1 heterocycles. The standard InChI is InChI=1S/C16H17BrN2O2S/c1-11-3-4-12(7-15(11)22-10-21-2)16(20)19-9-14-8-13(17)5-6-18-14/h3-8H,9-10H2,1-2H3,(H,19,20). The Bertz CT molecular complexity index is 664. The van der Waals surface area contributed by atoms with Gasteiger partial charge >= 0.3 is 0 Å². The van der Waals surface area contributed by atoms with Crippen LogP contribution in [0.3, 0.4) is 0 Å². The molecule has 0 radical (unpaired) electrons. The van der Waals surface area contributed by atoms with Crippen molar-refractivity contribution >= 4 is 33.6 Å². The van der Waals surface area contributed by atoms with Gasteiger partial charge < -0.3 is 10.1 Å². The van der Waals surface area contributed by atoms with Crippen molar-refractivity contribution in [2.24, 2.45) is 0 Å². The first-order chi connectivity index (χ1) is 10.6. The van der Waals surface area contributed by atoms with E-state index in [0.717, 1.165) is 20.6 Å².